The Morgan fingerprint density at radius 1 is 1.29 bits per heavy atom. The summed E-state index contributed by atoms with van der Waals surface area (Å²) in [5.74, 6) is -0.174. The summed E-state index contributed by atoms with van der Waals surface area (Å²) in [7, 11) is 0. The number of carbonyl (C=O) groups excluding carboxylic acids is 1. The van der Waals surface area contributed by atoms with Gasteiger partial charge in [0.05, 0.1) is 11.2 Å². The lowest BCUT2D eigenvalue weighted by Crippen LogP contribution is -2.34. The van der Waals surface area contributed by atoms with Gasteiger partial charge in [0.2, 0.25) is 0 Å². The van der Waals surface area contributed by atoms with Crippen LogP contribution in [0, 0.1) is 6.92 Å². The number of nitrogens with one attached hydrogen (secondary N) is 3. The molecule has 3 N–H and O–H groups in total. The van der Waals surface area contributed by atoms with Crippen LogP contribution in [-0.2, 0) is 6.42 Å². The van der Waals surface area contributed by atoms with Crippen molar-refractivity contribution in [2.24, 2.45) is 0 Å². The molecular formula is C15H17N5O. The Kier molecular flexibility index (Phi) is 3.43. The second-order valence-electron chi connectivity index (χ2n) is 5.24. The lowest BCUT2D eigenvalue weighted by atomic mass is 10.1. The molecule has 6 heteroatoms. The molecule has 1 atom stereocenters. The number of aromatic nitrogens is 4. The highest BCUT2D eigenvalue weighted by Gasteiger charge is 2.16. The fourth-order valence-electron chi connectivity index (χ4n) is 2.37. The van der Waals surface area contributed by atoms with Gasteiger partial charge in [-0.2, -0.15) is 10.2 Å². The first-order chi connectivity index (χ1) is 10.1. The van der Waals surface area contributed by atoms with E-state index in [0.29, 0.717) is 12.1 Å². The van der Waals surface area contributed by atoms with E-state index in [1.165, 1.54) is 0 Å². The Balaban J connectivity index is 1.71. The molecule has 0 aliphatic rings. The van der Waals surface area contributed by atoms with Gasteiger partial charge in [0, 0.05) is 23.5 Å². The van der Waals surface area contributed by atoms with Gasteiger partial charge in [-0.25, -0.2) is 0 Å². The third kappa shape index (κ3) is 2.79. The van der Waals surface area contributed by atoms with Crippen LogP contribution < -0.4 is 5.32 Å². The third-order valence-electron chi connectivity index (χ3n) is 3.34. The molecule has 0 fully saturated rings. The van der Waals surface area contributed by atoms with Crippen molar-refractivity contribution in [1.29, 1.82) is 0 Å². The first kappa shape index (κ1) is 13.4. The molecule has 0 spiro atoms. The Bertz CT molecular complexity index is 773. The Labute approximate surface area is 122 Å². The summed E-state index contributed by atoms with van der Waals surface area (Å²) in [5, 5.41) is 17.8. The van der Waals surface area contributed by atoms with E-state index in [1.807, 2.05) is 44.2 Å². The number of amides is 1. The average Bonchev–Trinajstić information content (AvgIpc) is 3.04. The monoisotopic (exact) mass is 283 g/mol. The second-order valence-corrected chi connectivity index (χ2v) is 5.24. The third-order valence-corrected chi connectivity index (χ3v) is 3.34. The largest absolute Gasteiger partial charge is 0.348 e. The summed E-state index contributed by atoms with van der Waals surface area (Å²) in [4.78, 5) is 12.3. The molecule has 0 unspecified atom stereocenters. The van der Waals surface area contributed by atoms with E-state index >= 15 is 0 Å². The van der Waals surface area contributed by atoms with Gasteiger partial charge in [0.15, 0.2) is 5.69 Å². The van der Waals surface area contributed by atoms with Gasteiger partial charge in [-0.3, -0.25) is 15.0 Å². The van der Waals surface area contributed by atoms with Gasteiger partial charge < -0.3 is 5.32 Å². The van der Waals surface area contributed by atoms with Crippen molar-refractivity contribution in [1.82, 2.24) is 25.7 Å². The van der Waals surface area contributed by atoms with Crippen LogP contribution in [0.3, 0.4) is 0 Å². The topological polar surface area (TPSA) is 86.5 Å². The molecule has 1 aromatic carbocycles. The molecule has 0 radical (unpaired) electrons. The van der Waals surface area contributed by atoms with Crippen LogP contribution in [0.4, 0.5) is 0 Å². The van der Waals surface area contributed by atoms with Crippen molar-refractivity contribution < 1.29 is 4.79 Å². The average molecular weight is 283 g/mol. The number of H-pyrrole nitrogens is 2. The van der Waals surface area contributed by atoms with E-state index in [0.717, 1.165) is 22.3 Å². The Morgan fingerprint density at radius 3 is 2.86 bits per heavy atom. The fraction of sp³-hybridized carbons (Fsp3) is 0.267. The van der Waals surface area contributed by atoms with Crippen molar-refractivity contribution in [3.63, 3.8) is 0 Å². The van der Waals surface area contributed by atoms with Gasteiger partial charge in [0.25, 0.3) is 5.91 Å². The molecule has 1 amide bonds. The van der Waals surface area contributed by atoms with Crippen LogP contribution >= 0.6 is 0 Å². The van der Waals surface area contributed by atoms with E-state index in [4.69, 9.17) is 0 Å². The molecule has 0 saturated carbocycles. The van der Waals surface area contributed by atoms with Crippen LogP contribution in [-0.4, -0.2) is 32.3 Å². The van der Waals surface area contributed by atoms with Gasteiger partial charge in [-0.1, -0.05) is 18.2 Å². The standard InChI is InChI=1S/C15H17N5O/c1-9(7-11-8-10(2)17-18-11)16-15(21)14-12-5-3-4-6-13(12)19-20-14/h3-6,8-9H,7H2,1-2H3,(H,16,21)(H,17,18)(H,19,20)/t9-/m1/s1. The minimum atomic E-state index is -0.174. The van der Waals surface area contributed by atoms with E-state index in [2.05, 4.69) is 25.7 Å². The number of para-hydroxylation sites is 1. The van der Waals surface area contributed by atoms with Crippen molar-refractivity contribution in [2.75, 3.05) is 0 Å². The number of benzene rings is 1. The number of aromatic amines is 2. The van der Waals surface area contributed by atoms with Crippen LogP contribution in [0.25, 0.3) is 10.9 Å². The van der Waals surface area contributed by atoms with Crippen molar-refractivity contribution in [3.8, 4) is 0 Å². The van der Waals surface area contributed by atoms with Gasteiger partial charge in [0.1, 0.15) is 0 Å². The van der Waals surface area contributed by atoms with Crippen LogP contribution in [0.2, 0.25) is 0 Å². The molecule has 3 rings (SSSR count). The number of nitrogens with zero attached hydrogens (tertiary/aromatic N) is 2. The van der Waals surface area contributed by atoms with Crippen LogP contribution in [0.15, 0.2) is 30.3 Å². The first-order valence-electron chi connectivity index (χ1n) is 6.88. The maximum absolute atomic E-state index is 12.3. The summed E-state index contributed by atoms with van der Waals surface area (Å²) in [6.07, 6.45) is 0.679. The van der Waals surface area contributed by atoms with E-state index in [9.17, 15) is 4.79 Å². The Hall–Kier alpha value is -2.63. The number of hydrogen-bond donors (Lipinski definition) is 3. The van der Waals surface area contributed by atoms with E-state index < -0.39 is 0 Å². The highest BCUT2D eigenvalue weighted by Crippen LogP contribution is 2.15. The normalized spacial score (nSPS) is 12.5. The number of aryl methyl sites for hydroxylation is 1. The van der Waals surface area contributed by atoms with Crippen molar-refractivity contribution in [3.05, 3.63) is 47.4 Å². The number of carbonyl (C=O) groups is 1. The van der Waals surface area contributed by atoms with Crippen LogP contribution in [0.5, 0.6) is 0 Å². The molecule has 2 heterocycles. The molecule has 3 aromatic rings. The number of rotatable bonds is 4. The van der Waals surface area contributed by atoms with Gasteiger partial charge in [-0.05, 0) is 26.0 Å². The summed E-state index contributed by atoms with van der Waals surface area (Å²) in [6, 6.07) is 9.54. The molecule has 6 nitrogen and oxygen atoms in total. The zero-order valence-electron chi connectivity index (χ0n) is 12.0. The molecule has 0 bridgehead atoms. The molecule has 2 aromatic heterocycles. The van der Waals surface area contributed by atoms with E-state index in [1.54, 1.807) is 0 Å². The predicted molar refractivity (Wildman–Crippen MR) is 80.1 cm³/mol. The summed E-state index contributed by atoms with van der Waals surface area (Å²) >= 11 is 0. The lowest BCUT2D eigenvalue weighted by molar-refractivity contribution is 0.0936. The molecule has 21 heavy (non-hydrogen) atoms. The zero-order valence-corrected chi connectivity index (χ0v) is 12.0. The molecule has 0 aliphatic carbocycles. The Morgan fingerprint density at radius 2 is 2.10 bits per heavy atom. The maximum atomic E-state index is 12.3. The summed E-state index contributed by atoms with van der Waals surface area (Å²) < 4.78 is 0. The zero-order chi connectivity index (χ0) is 14.8. The van der Waals surface area contributed by atoms with Crippen molar-refractivity contribution >= 4 is 16.8 Å². The quantitative estimate of drug-likeness (QED) is 0.684. The van der Waals surface area contributed by atoms with Gasteiger partial charge >= 0.3 is 0 Å². The fourth-order valence-corrected chi connectivity index (χ4v) is 2.37. The first-order valence-corrected chi connectivity index (χ1v) is 6.88. The highest BCUT2D eigenvalue weighted by molar-refractivity contribution is 6.04. The minimum absolute atomic E-state index is 0.0179. The molecule has 0 saturated heterocycles. The molecule has 0 aliphatic heterocycles. The molecular weight excluding hydrogens is 266 g/mol. The van der Waals surface area contributed by atoms with Crippen LogP contribution in [0.1, 0.15) is 28.8 Å². The smallest absolute Gasteiger partial charge is 0.272 e. The van der Waals surface area contributed by atoms with Crippen molar-refractivity contribution in [2.45, 2.75) is 26.3 Å². The SMILES string of the molecule is Cc1cc(C[C@@H](C)NC(=O)c2n[nH]c3ccccc23)n[nH]1. The number of fused-ring (bicyclic) bond motifs is 1. The summed E-state index contributed by atoms with van der Waals surface area (Å²) in [6.45, 7) is 3.91. The number of hydrogen-bond acceptors (Lipinski definition) is 3. The predicted octanol–water partition coefficient (Wildman–Crippen LogP) is 1.96. The highest BCUT2D eigenvalue weighted by atomic mass is 16.2. The minimum Gasteiger partial charge on any atom is -0.348 e. The maximum Gasteiger partial charge on any atom is 0.272 e. The summed E-state index contributed by atoms with van der Waals surface area (Å²) in [5.41, 5.74) is 3.24. The molecule has 108 valence electrons. The van der Waals surface area contributed by atoms with Gasteiger partial charge in [-0.15, -0.1) is 0 Å². The second kappa shape index (κ2) is 5.40. The lowest BCUT2D eigenvalue weighted by Gasteiger charge is -2.11. The van der Waals surface area contributed by atoms with E-state index in [-0.39, 0.29) is 11.9 Å².